The minimum atomic E-state index is 0.305. The lowest BCUT2D eigenvalue weighted by molar-refractivity contribution is 0.409. The molecule has 0 radical (unpaired) electrons. The Morgan fingerprint density at radius 2 is 1.62 bits per heavy atom. The van der Waals surface area contributed by atoms with Gasteiger partial charge in [-0.15, -0.1) is 0 Å². The molecule has 1 nitrogen and oxygen atoms in total. The first kappa shape index (κ1) is 16.1. The molecule has 0 aromatic heterocycles. The van der Waals surface area contributed by atoms with Crippen molar-refractivity contribution in [3.8, 4) is 5.75 Å². The standard InChI is InChI=1S/C19H23BrO/c1-4-14(2)15-9-11-16(12-10-15)18(20)13-17-7-5-6-8-19(17)21-3/h5-12,14,18H,4,13H2,1-3H3. The van der Waals surface area contributed by atoms with E-state index in [0.717, 1.165) is 12.2 Å². The Bertz CT molecular complexity index is 562. The number of para-hydroxylation sites is 1. The van der Waals surface area contributed by atoms with E-state index >= 15 is 0 Å². The molecular weight excluding hydrogens is 324 g/mol. The summed E-state index contributed by atoms with van der Waals surface area (Å²) < 4.78 is 5.43. The van der Waals surface area contributed by atoms with Crippen LogP contribution in [-0.4, -0.2) is 7.11 Å². The average molecular weight is 347 g/mol. The van der Waals surface area contributed by atoms with Crippen LogP contribution in [0.3, 0.4) is 0 Å². The number of benzene rings is 2. The third-order valence-corrected chi connectivity index (χ3v) is 4.92. The fourth-order valence-corrected chi connectivity index (χ4v) is 3.11. The molecule has 0 aliphatic rings. The summed E-state index contributed by atoms with van der Waals surface area (Å²) in [5.41, 5.74) is 3.96. The lowest BCUT2D eigenvalue weighted by Crippen LogP contribution is -1.99. The smallest absolute Gasteiger partial charge is 0.122 e. The van der Waals surface area contributed by atoms with E-state index < -0.39 is 0 Å². The zero-order chi connectivity index (χ0) is 15.2. The Kier molecular flexibility index (Phi) is 5.86. The number of alkyl halides is 1. The van der Waals surface area contributed by atoms with Gasteiger partial charge in [0, 0.05) is 4.83 Å². The molecule has 0 aliphatic heterocycles. The van der Waals surface area contributed by atoms with Crippen molar-refractivity contribution in [3.63, 3.8) is 0 Å². The van der Waals surface area contributed by atoms with Crippen LogP contribution in [0.4, 0.5) is 0 Å². The lowest BCUT2D eigenvalue weighted by atomic mass is 9.96. The maximum Gasteiger partial charge on any atom is 0.122 e. The molecule has 2 aromatic carbocycles. The second-order valence-electron chi connectivity index (χ2n) is 5.46. The number of ether oxygens (including phenoxy) is 1. The summed E-state index contributed by atoms with van der Waals surface area (Å²) in [5, 5.41) is 0. The van der Waals surface area contributed by atoms with Crippen LogP contribution < -0.4 is 4.74 Å². The molecule has 112 valence electrons. The third-order valence-electron chi connectivity index (χ3n) is 4.07. The Hall–Kier alpha value is -1.28. The minimum Gasteiger partial charge on any atom is -0.496 e. The molecule has 0 saturated carbocycles. The number of hydrogen-bond acceptors (Lipinski definition) is 1. The van der Waals surface area contributed by atoms with E-state index in [1.165, 1.54) is 23.1 Å². The first-order valence-corrected chi connectivity index (χ1v) is 8.43. The Labute approximate surface area is 136 Å². The summed E-state index contributed by atoms with van der Waals surface area (Å²) >= 11 is 3.81. The van der Waals surface area contributed by atoms with E-state index in [-0.39, 0.29) is 0 Å². The topological polar surface area (TPSA) is 9.23 Å². The van der Waals surface area contributed by atoms with Gasteiger partial charge in [0.1, 0.15) is 5.75 Å². The maximum atomic E-state index is 5.43. The van der Waals surface area contributed by atoms with Crippen molar-refractivity contribution < 1.29 is 4.74 Å². The fourth-order valence-electron chi connectivity index (χ4n) is 2.45. The molecule has 0 saturated heterocycles. The van der Waals surface area contributed by atoms with Crippen molar-refractivity contribution in [2.45, 2.75) is 37.4 Å². The van der Waals surface area contributed by atoms with Gasteiger partial charge in [0.05, 0.1) is 7.11 Å². The molecule has 2 unspecified atom stereocenters. The molecule has 0 fully saturated rings. The predicted octanol–water partition coefficient (Wildman–Crippen LogP) is 5.89. The molecule has 0 spiro atoms. The molecule has 2 rings (SSSR count). The summed E-state index contributed by atoms with van der Waals surface area (Å²) in [6.07, 6.45) is 2.10. The van der Waals surface area contributed by atoms with Crippen LogP contribution in [0.25, 0.3) is 0 Å². The van der Waals surface area contributed by atoms with Crippen LogP contribution in [0, 0.1) is 0 Å². The Morgan fingerprint density at radius 3 is 2.24 bits per heavy atom. The second kappa shape index (κ2) is 7.65. The van der Waals surface area contributed by atoms with Crippen LogP contribution in [-0.2, 0) is 6.42 Å². The van der Waals surface area contributed by atoms with Gasteiger partial charge in [-0.25, -0.2) is 0 Å². The van der Waals surface area contributed by atoms with E-state index in [4.69, 9.17) is 4.74 Å². The van der Waals surface area contributed by atoms with Crippen molar-refractivity contribution in [1.29, 1.82) is 0 Å². The van der Waals surface area contributed by atoms with E-state index in [2.05, 4.69) is 66.2 Å². The van der Waals surface area contributed by atoms with Crippen molar-refractivity contribution in [1.82, 2.24) is 0 Å². The van der Waals surface area contributed by atoms with Crippen molar-refractivity contribution in [3.05, 3.63) is 65.2 Å². The molecule has 2 atom stereocenters. The molecular formula is C19H23BrO. The van der Waals surface area contributed by atoms with Crippen molar-refractivity contribution in [2.24, 2.45) is 0 Å². The van der Waals surface area contributed by atoms with Crippen LogP contribution in [0.2, 0.25) is 0 Å². The monoisotopic (exact) mass is 346 g/mol. The van der Waals surface area contributed by atoms with Gasteiger partial charge >= 0.3 is 0 Å². The van der Waals surface area contributed by atoms with Crippen molar-refractivity contribution in [2.75, 3.05) is 7.11 Å². The fraction of sp³-hybridized carbons (Fsp3) is 0.368. The summed E-state index contributed by atoms with van der Waals surface area (Å²) in [6.45, 7) is 4.50. The van der Waals surface area contributed by atoms with Crippen LogP contribution in [0.5, 0.6) is 5.75 Å². The summed E-state index contributed by atoms with van der Waals surface area (Å²) in [5.74, 6) is 1.58. The first-order valence-electron chi connectivity index (χ1n) is 7.51. The van der Waals surface area contributed by atoms with Gasteiger partial charge in [-0.05, 0) is 41.5 Å². The van der Waals surface area contributed by atoms with E-state index in [9.17, 15) is 0 Å². The molecule has 2 heteroatoms. The number of methoxy groups -OCH3 is 1. The van der Waals surface area contributed by atoms with Crippen molar-refractivity contribution >= 4 is 15.9 Å². The molecule has 2 aromatic rings. The van der Waals surface area contributed by atoms with Crippen LogP contribution in [0.15, 0.2) is 48.5 Å². The van der Waals surface area contributed by atoms with E-state index in [1.54, 1.807) is 7.11 Å². The third kappa shape index (κ3) is 4.10. The molecule has 0 bridgehead atoms. The summed E-state index contributed by atoms with van der Waals surface area (Å²) in [6, 6.07) is 17.2. The van der Waals surface area contributed by atoms with Crippen LogP contribution in [0.1, 0.15) is 47.7 Å². The number of hydrogen-bond donors (Lipinski definition) is 0. The van der Waals surface area contributed by atoms with Gasteiger partial charge < -0.3 is 4.74 Å². The van der Waals surface area contributed by atoms with Gasteiger partial charge in [0.15, 0.2) is 0 Å². The van der Waals surface area contributed by atoms with Gasteiger partial charge in [-0.2, -0.15) is 0 Å². The lowest BCUT2D eigenvalue weighted by Gasteiger charge is -2.15. The summed E-state index contributed by atoms with van der Waals surface area (Å²) in [4.78, 5) is 0.305. The first-order chi connectivity index (χ1) is 10.2. The second-order valence-corrected chi connectivity index (χ2v) is 6.56. The quantitative estimate of drug-likeness (QED) is 0.592. The molecule has 0 heterocycles. The number of halogens is 1. The highest BCUT2D eigenvalue weighted by atomic mass is 79.9. The molecule has 0 aliphatic carbocycles. The SMILES string of the molecule is CCC(C)c1ccc(C(Br)Cc2ccccc2OC)cc1. The Morgan fingerprint density at radius 1 is 1.00 bits per heavy atom. The average Bonchev–Trinajstić information content (AvgIpc) is 2.54. The largest absolute Gasteiger partial charge is 0.496 e. The molecule has 0 amide bonds. The molecule has 0 N–H and O–H groups in total. The zero-order valence-corrected chi connectivity index (χ0v) is 14.6. The van der Waals surface area contributed by atoms with Gasteiger partial charge in [0.25, 0.3) is 0 Å². The van der Waals surface area contributed by atoms with Crippen LogP contribution >= 0.6 is 15.9 Å². The zero-order valence-electron chi connectivity index (χ0n) is 13.0. The number of rotatable bonds is 6. The van der Waals surface area contributed by atoms with Gasteiger partial charge in [-0.1, -0.05) is 72.2 Å². The normalized spacial score (nSPS) is 13.7. The van der Waals surface area contributed by atoms with E-state index in [1.807, 2.05) is 12.1 Å². The van der Waals surface area contributed by atoms with Gasteiger partial charge in [-0.3, -0.25) is 0 Å². The highest BCUT2D eigenvalue weighted by Crippen LogP contribution is 2.31. The summed E-state index contributed by atoms with van der Waals surface area (Å²) in [7, 11) is 1.73. The maximum absolute atomic E-state index is 5.43. The predicted molar refractivity (Wildman–Crippen MR) is 93.5 cm³/mol. The van der Waals surface area contributed by atoms with Gasteiger partial charge in [0.2, 0.25) is 0 Å². The van der Waals surface area contributed by atoms with E-state index in [0.29, 0.717) is 10.7 Å². The molecule has 21 heavy (non-hydrogen) atoms. The highest BCUT2D eigenvalue weighted by Gasteiger charge is 2.12. The minimum absolute atomic E-state index is 0.305. The Balaban J connectivity index is 2.11. The highest BCUT2D eigenvalue weighted by molar-refractivity contribution is 9.09.